The fourth-order valence-corrected chi connectivity index (χ4v) is 2.20. The van der Waals surface area contributed by atoms with E-state index in [1.165, 1.54) is 12.8 Å². The molecule has 1 fully saturated rings. The van der Waals surface area contributed by atoms with Crippen LogP contribution in [0.5, 0.6) is 0 Å². The Bertz CT molecular complexity index is 165. The van der Waals surface area contributed by atoms with Gasteiger partial charge in [-0.25, -0.2) is 0 Å². The van der Waals surface area contributed by atoms with Crippen molar-refractivity contribution in [2.45, 2.75) is 51.5 Å². The Morgan fingerprint density at radius 1 is 1.46 bits per heavy atom. The van der Waals surface area contributed by atoms with Crippen molar-refractivity contribution in [3.63, 3.8) is 0 Å². The van der Waals surface area contributed by atoms with Crippen molar-refractivity contribution < 1.29 is 4.74 Å². The topological polar surface area (TPSA) is 9.23 Å². The maximum absolute atomic E-state index is 5.84. The smallest absolute Gasteiger partial charge is 0.0647 e. The van der Waals surface area contributed by atoms with Gasteiger partial charge in [0.1, 0.15) is 0 Å². The highest BCUT2D eigenvalue weighted by atomic mass is 79.9. The van der Waals surface area contributed by atoms with E-state index in [2.05, 4.69) is 43.6 Å². The van der Waals surface area contributed by atoms with Crippen molar-refractivity contribution in [2.75, 3.05) is 6.61 Å². The van der Waals surface area contributed by atoms with Crippen molar-refractivity contribution >= 4 is 15.9 Å². The first-order valence-electron chi connectivity index (χ1n) is 5.20. The quantitative estimate of drug-likeness (QED) is 0.691. The van der Waals surface area contributed by atoms with Gasteiger partial charge in [0.15, 0.2) is 0 Å². The zero-order valence-corrected chi connectivity index (χ0v) is 10.7. The van der Waals surface area contributed by atoms with Gasteiger partial charge in [-0.05, 0) is 18.8 Å². The van der Waals surface area contributed by atoms with Crippen LogP contribution in [0.3, 0.4) is 0 Å². The molecule has 0 bridgehead atoms. The van der Waals surface area contributed by atoms with E-state index in [4.69, 9.17) is 4.74 Å². The van der Waals surface area contributed by atoms with Crippen LogP contribution in [-0.4, -0.2) is 17.5 Å². The molecule has 0 amide bonds. The molecule has 0 aliphatic heterocycles. The summed E-state index contributed by atoms with van der Waals surface area (Å²) in [5.74, 6) is 0.753. The van der Waals surface area contributed by atoms with Crippen LogP contribution in [0.2, 0.25) is 0 Å². The molecule has 0 aromatic carbocycles. The van der Waals surface area contributed by atoms with E-state index < -0.39 is 0 Å². The molecule has 13 heavy (non-hydrogen) atoms. The Balaban J connectivity index is 2.17. The summed E-state index contributed by atoms with van der Waals surface area (Å²) >= 11 is 3.66. The normalized spacial score (nSPS) is 31.8. The fraction of sp³-hybridized carbons (Fsp3) is 1.00. The minimum Gasteiger partial charge on any atom is -0.378 e. The molecule has 1 saturated carbocycles. The summed E-state index contributed by atoms with van der Waals surface area (Å²) in [5.41, 5.74) is 0.330. The highest BCUT2D eigenvalue weighted by Gasteiger charge is 2.47. The molecule has 1 rings (SSSR count). The van der Waals surface area contributed by atoms with Crippen LogP contribution in [0.4, 0.5) is 0 Å². The summed E-state index contributed by atoms with van der Waals surface area (Å²) in [5, 5.41) is 0. The van der Waals surface area contributed by atoms with Gasteiger partial charge in [-0.15, -0.1) is 0 Å². The number of hydrogen-bond donors (Lipinski definition) is 0. The fourth-order valence-electron chi connectivity index (χ4n) is 1.57. The van der Waals surface area contributed by atoms with Gasteiger partial charge in [0.25, 0.3) is 0 Å². The molecule has 2 unspecified atom stereocenters. The number of hydrogen-bond acceptors (Lipinski definition) is 1. The second kappa shape index (κ2) is 4.31. The van der Waals surface area contributed by atoms with Crippen LogP contribution < -0.4 is 0 Å². The highest BCUT2D eigenvalue weighted by molar-refractivity contribution is 9.09. The molecule has 1 nitrogen and oxygen atoms in total. The van der Waals surface area contributed by atoms with E-state index in [9.17, 15) is 0 Å². The lowest BCUT2D eigenvalue weighted by molar-refractivity contribution is -0.0872. The molecule has 2 atom stereocenters. The van der Waals surface area contributed by atoms with E-state index >= 15 is 0 Å². The third-order valence-electron chi connectivity index (χ3n) is 3.07. The number of rotatable bonds is 4. The second-order valence-corrected chi connectivity index (χ2v) is 6.17. The maximum Gasteiger partial charge on any atom is 0.0647 e. The molecule has 1 aliphatic rings. The Morgan fingerprint density at radius 3 is 2.46 bits per heavy atom. The summed E-state index contributed by atoms with van der Waals surface area (Å²) in [4.78, 5) is 0.643. The lowest BCUT2D eigenvalue weighted by Crippen LogP contribution is -2.51. The Labute approximate surface area is 90.4 Å². The van der Waals surface area contributed by atoms with Crippen molar-refractivity contribution in [3.05, 3.63) is 0 Å². The van der Waals surface area contributed by atoms with Gasteiger partial charge in [0, 0.05) is 16.8 Å². The van der Waals surface area contributed by atoms with Gasteiger partial charge in [-0.3, -0.25) is 0 Å². The van der Waals surface area contributed by atoms with Crippen LogP contribution >= 0.6 is 15.9 Å². The minimum atomic E-state index is 0.330. The molecular weight excluding hydrogens is 228 g/mol. The van der Waals surface area contributed by atoms with Gasteiger partial charge in [0.05, 0.1) is 6.10 Å². The number of alkyl halides is 1. The molecule has 1 aliphatic carbocycles. The largest absolute Gasteiger partial charge is 0.378 e. The van der Waals surface area contributed by atoms with Crippen LogP contribution in [0.25, 0.3) is 0 Å². The standard InChI is InChI=1S/C11H21BrO/c1-8(2)5-6-13-10-7-9(12)11(10,3)4/h8-10H,5-7H2,1-4H3. The first kappa shape index (κ1) is 11.5. The van der Waals surface area contributed by atoms with E-state index in [0.717, 1.165) is 12.5 Å². The van der Waals surface area contributed by atoms with Crippen molar-refractivity contribution in [2.24, 2.45) is 11.3 Å². The molecule has 0 aromatic rings. The van der Waals surface area contributed by atoms with Gasteiger partial charge in [-0.2, -0.15) is 0 Å². The molecule has 0 spiro atoms. The summed E-state index contributed by atoms with van der Waals surface area (Å²) in [6.07, 6.45) is 2.82. The zero-order valence-electron chi connectivity index (χ0n) is 9.14. The maximum atomic E-state index is 5.84. The summed E-state index contributed by atoms with van der Waals surface area (Å²) < 4.78 is 5.84. The van der Waals surface area contributed by atoms with Gasteiger partial charge < -0.3 is 4.74 Å². The first-order valence-corrected chi connectivity index (χ1v) is 6.12. The Hall–Kier alpha value is 0.440. The first-order chi connectivity index (χ1) is 5.94. The highest BCUT2D eigenvalue weighted by Crippen LogP contribution is 2.47. The average Bonchev–Trinajstić information content (AvgIpc) is 2.02. The third-order valence-corrected chi connectivity index (χ3v) is 4.63. The molecule has 0 heterocycles. The van der Waals surface area contributed by atoms with Gasteiger partial charge in [0.2, 0.25) is 0 Å². The molecule has 2 heteroatoms. The number of ether oxygens (including phenoxy) is 1. The predicted octanol–water partition coefficient (Wildman–Crippen LogP) is 3.61. The van der Waals surface area contributed by atoms with E-state index in [-0.39, 0.29) is 0 Å². The van der Waals surface area contributed by atoms with Gasteiger partial charge in [-0.1, -0.05) is 43.6 Å². The molecular formula is C11H21BrO. The molecule has 0 saturated heterocycles. The molecule has 0 aromatic heterocycles. The van der Waals surface area contributed by atoms with Crippen LogP contribution in [0, 0.1) is 11.3 Å². The summed E-state index contributed by atoms with van der Waals surface area (Å²) in [6, 6.07) is 0. The second-order valence-electron chi connectivity index (χ2n) is 5.07. The lowest BCUT2D eigenvalue weighted by Gasteiger charge is -2.49. The molecule has 0 N–H and O–H groups in total. The van der Waals surface area contributed by atoms with Crippen molar-refractivity contribution in [1.82, 2.24) is 0 Å². The summed E-state index contributed by atoms with van der Waals surface area (Å²) in [7, 11) is 0. The van der Waals surface area contributed by atoms with Crippen molar-refractivity contribution in [3.8, 4) is 0 Å². The Morgan fingerprint density at radius 2 is 2.08 bits per heavy atom. The lowest BCUT2D eigenvalue weighted by atomic mass is 9.69. The molecule has 78 valence electrons. The van der Waals surface area contributed by atoms with Crippen LogP contribution in [-0.2, 0) is 4.74 Å². The average molecular weight is 249 g/mol. The third kappa shape index (κ3) is 2.69. The van der Waals surface area contributed by atoms with Crippen molar-refractivity contribution in [1.29, 1.82) is 0 Å². The predicted molar refractivity (Wildman–Crippen MR) is 60.3 cm³/mol. The Kier molecular flexibility index (Phi) is 3.82. The zero-order chi connectivity index (χ0) is 10.1. The van der Waals surface area contributed by atoms with E-state index in [1.54, 1.807) is 0 Å². The van der Waals surface area contributed by atoms with E-state index in [0.29, 0.717) is 16.3 Å². The van der Waals surface area contributed by atoms with Crippen LogP contribution in [0.1, 0.15) is 40.5 Å². The van der Waals surface area contributed by atoms with Gasteiger partial charge >= 0.3 is 0 Å². The monoisotopic (exact) mass is 248 g/mol. The number of halogens is 1. The summed E-state index contributed by atoms with van der Waals surface area (Å²) in [6.45, 7) is 9.95. The van der Waals surface area contributed by atoms with Crippen LogP contribution in [0.15, 0.2) is 0 Å². The minimum absolute atomic E-state index is 0.330. The SMILES string of the molecule is CC(C)CCOC1CC(Br)C1(C)C. The molecule has 0 radical (unpaired) electrons. The van der Waals surface area contributed by atoms with E-state index in [1.807, 2.05) is 0 Å².